The predicted molar refractivity (Wildman–Crippen MR) is 53.8 cm³/mol. The van der Waals surface area contributed by atoms with Crippen LogP contribution in [-0.2, 0) is 6.42 Å². The fourth-order valence-electron chi connectivity index (χ4n) is 1.23. The Kier molecular flexibility index (Phi) is 2.49. The molecular weight excluding hydrogens is 174 g/mol. The van der Waals surface area contributed by atoms with E-state index in [4.69, 9.17) is 0 Å². The summed E-state index contributed by atoms with van der Waals surface area (Å²) in [6, 6.07) is 4.07. The van der Waals surface area contributed by atoms with E-state index in [2.05, 4.69) is 21.0 Å². The van der Waals surface area contributed by atoms with Gasteiger partial charge in [0.05, 0.1) is 5.69 Å². The highest BCUT2D eigenvalue weighted by Gasteiger charge is 1.96. The Morgan fingerprint density at radius 1 is 1.07 bits per heavy atom. The van der Waals surface area contributed by atoms with Gasteiger partial charge in [0.25, 0.3) is 0 Å². The number of nitrogens with zero attached hydrogens (tertiary/aromatic N) is 3. The first-order valence-corrected chi connectivity index (χ1v) is 4.51. The molecule has 0 N–H and O–H groups in total. The molecule has 0 aromatic carbocycles. The lowest BCUT2D eigenvalue weighted by molar-refractivity contribution is 1.01. The van der Waals surface area contributed by atoms with Crippen molar-refractivity contribution < 1.29 is 0 Å². The Balaban J connectivity index is 2.16. The van der Waals surface area contributed by atoms with Crippen LogP contribution in [0.15, 0.2) is 36.9 Å². The van der Waals surface area contributed by atoms with Gasteiger partial charge in [0.2, 0.25) is 0 Å². The number of hydrogen-bond donors (Lipinski definition) is 0. The van der Waals surface area contributed by atoms with Crippen molar-refractivity contribution in [3.05, 3.63) is 53.9 Å². The quantitative estimate of drug-likeness (QED) is 0.715. The molecule has 2 aromatic heterocycles. The predicted octanol–water partition coefficient (Wildman–Crippen LogP) is 1.77. The molecule has 2 heterocycles. The fourth-order valence-corrected chi connectivity index (χ4v) is 1.23. The average Bonchev–Trinajstić information content (AvgIpc) is 2.23. The zero-order chi connectivity index (χ0) is 9.80. The highest BCUT2D eigenvalue weighted by molar-refractivity contribution is 5.18. The molecule has 0 bridgehead atoms. The highest BCUT2D eigenvalue weighted by Crippen LogP contribution is 2.04. The first-order chi connectivity index (χ1) is 6.84. The third-order valence-electron chi connectivity index (χ3n) is 1.97. The molecule has 0 saturated carbocycles. The van der Waals surface area contributed by atoms with Crippen LogP contribution in [0.5, 0.6) is 0 Å². The van der Waals surface area contributed by atoms with Crippen LogP contribution >= 0.6 is 0 Å². The van der Waals surface area contributed by atoms with E-state index in [0.717, 1.165) is 23.4 Å². The van der Waals surface area contributed by atoms with Gasteiger partial charge in [-0.15, -0.1) is 0 Å². The van der Waals surface area contributed by atoms with Crippen molar-refractivity contribution in [2.45, 2.75) is 13.3 Å². The monoisotopic (exact) mass is 185 g/mol. The number of hydrogen-bond acceptors (Lipinski definition) is 3. The molecule has 0 amide bonds. The van der Waals surface area contributed by atoms with Crippen LogP contribution in [0.25, 0.3) is 0 Å². The normalized spacial score (nSPS) is 10.1. The van der Waals surface area contributed by atoms with Gasteiger partial charge < -0.3 is 0 Å². The van der Waals surface area contributed by atoms with E-state index < -0.39 is 0 Å². The summed E-state index contributed by atoms with van der Waals surface area (Å²) in [6.07, 6.45) is 7.83. The largest absolute Gasteiger partial charge is 0.261 e. The van der Waals surface area contributed by atoms with Gasteiger partial charge in [0.1, 0.15) is 0 Å². The zero-order valence-electron chi connectivity index (χ0n) is 8.01. The lowest BCUT2D eigenvalue weighted by Crippen LogP contribution is -1.93. The second-order valence-corrected chi connectivity index (χ2v) is 3.18. The van der Waals surface area contributed by atoms with E-state index in [1.54, 1.807) is 18.6 Å². The summed E-state index contributed by atoms with van der Waals surface area (Å²) in [5.74, 6) is 0. The Labute approximate surface area is 82.9 Å². The van der Waals surface area contributed by atoms with Crippen molar-refractivity contribution in [1.29, 1.82) is 0 Å². The molecule has 0 saturated heterocycles. The smallest absolute Gasteiger partial charge is 0.0631 e. The van der Waals surface area contributed by atoms with Crippen LogP contribution in [0.4, 0.5) is 0 Å². The molecule has 3 heteroatoms. The van der Waals surface area contributed by atoms with Crippen molar-refractivity contribution in [2.75, 3.05) is 0 Å². The lowest BCUT2D eigenvalue weighted by Gasteiger charge is -1.99. The first kappa shape index (κ1) is 8.81. The number of rotatable bonds is 2. The fraction of sp³-hybridized carbons (Fsp3) is 0.182. The molecule has 0 unspecified atom stereocenters. The van der Waals surface area contributed by atoms with Gasteiger partial charge in [-0.2, -0.15) is 0 Å². The van der Waals surface area contributed by atoms with Gasteiger partial charge in [-0.25, -0.2) is 0 Å². The van der Waals surface area contributed by atoms with Crippen LogP contribution in [0.2, 0.25) is 0 Å². The van der Waals surface area contributed by atoms with Crippen molar-refractivity contribution >= 4 is 0 Å². The summed E-state index contributed by atoms with van der Waals surface area (Å²) in [5.41, 5.74) is 3.17. The molecule has 70 valence electrons. The Morgan fingerprint density at radius 2 is 2.00 bits per heavy atom. The molecule has 0 aliphatic carbocycles. The van der Waals surface area contributed by atoms with E-state index in [9.17, 15) is 0 Å². The number of aryl methyl sites for hydroxylation is 1. The van der Waals surface area contributed by atoms with Gasteiger partial charge in [-0.05, 0) is 18.6 Å². The third kappa shape index (κ3) is 2.13. The van der Waals surface area contributed by atoms with E-state index >= 15 is 0 Å². The molecule has 0 aliphatic rings. The Hall–Kier alpha value is -1.77. The van der Waals surface area contributed by atoms with Gasteiger partial charge in [0, 0.05) is 36.9 Å². The zero-order valence-corrected chi connectivity index (χ0v) is 8.01. The minimum absolute atomic E-state index is 0.793. The topological polar surface area (TPSA) is 38.7 Å². The van der Waals surface area contributed by atoms with Crippen LogP contribution < -0.4 is 0 Å². The molecule has 0 fully saturated rings. The van der Waals surface area contributed by atoms with Crippen LogP contribution in [0.3, 0.4) is 0 Å². The van der Waals surface area contributed by atoms with Crippen molar-refractivity contribution in [3.8, 4) is 0 Å². The van der Waals surface area contributed by atoms with E-state index in [-0.39, 0.29) is 0 Å². The third-order valence-corrected chi connectivity index (χ3v) is 1.97. The minimum atomic E-state index is 0.793. The Bertz CT molecular complexity index is 395. The molecular formula is C11H11N3. The van der Waals surface area contributed by atoms with E-state index in [1.807, 2.05) is 19.2 Å². The second kappa shape index (κ2) is 3.96. The lowest BCUT2D eigenvalue weighted by atomic mass is 10.1. The summed E-state index contributed by atoms with van der Waals surface area (Å²) in [6.45, 7) is 1.98. The van der Waals surface area contributed by atoms with Gasteiger partial charge in [-0.3, -0.25) is 15.0 Å². The van der Waals surface area contributed by atoms with E-state index in [0.29, 0.717) is 0 Å². The van der Waals surface area contributed by atoms with Crippen molar-refractivity contribution in [3.63, 3.8) is 0 Å². The average molecular weight is 185 g/mol. The van der Waals surface area contributed by atoms with Crippen molar-refractivity contribution in [2.24, 2.45) is 0 Å². The summed E-state index contributed by atoms with van der Waals surface area (Å²) < 4.78 is 0. The SMILES string of the molecule is Cc1ccc(Cc2cnccn2)cn1. The molecule has 2 aromatic rings. The van der Waals surface area contributed by atoms with Crippen LogP contribution in [-0.4, -0.2) is 15.0 Å². The van der Waals surface area contributed by atoms with Crippen LogP contribution in [0.1, 0.15) is 17.0 Å². The van der Waals surface area contributed by atoms with Crippen LogP contribution in [0, 0.1) is 6.92 Å². The number of aromatic nitrogens is 3. The standard InChI is InChI=1S/C11H11N3/c1-9-2-3-10(7-14-9)6-11-8-12-4-5-13-11/h2-5,7-8H,6H2,1H3. The molecule has 2 rings (SSSR count). The van der Waals surface area contributed by atoms with Crippen molar-refractivity contribution in [1.82, 2.24) is 15.0 Å². The molecule has 14 heavy (non-hydrogen) atoms. The van der Waals surface area contributed by atoms with E-state index in [1.165, 1.54) is 0 Å². The minimum Gasteiger partial charge on any atom is -0.261 e. The maximum absolute atomic E-state index is 4.23. The number of pyridine rings is 1. The summed E-state index contributed by atoms with van der Waals surface area (Å²) in [4.78, 5) is 12.4. The van der Waals surface area contributed by atoms with Gasteiger partial charge in [-0.1, -0.05) is 6.07 Å². The second-order valence-electron chi connectivity index (χ2n) is 3.18. The maximum Gasteiger partial charge on any atom is 0.0631 e. The van der Waals surface area contributed by atoms with Gasteiger partial charge >= 0.3 is 0 Å². The highest BCUT2D eigenvalue weighted by atomic mass is 14.8. The first-order valence-electron chi connectivity index (χ1n) is 4.51. The summed E-state index contributed by atoms with van der Waals surface area (Å²) in [5, 5.41) is 0. The molecule has 0 atom stereocenters. The van der Waals surface area contributed by atoms with Gasteiger partial charge in [0.15, 0.2) is 0 Å². The molecule has 0 spiro atoms. The summed E-state index contributed by atoms with van der Waals surface area (Å²) >= 11 is 0. The maximum atomic E-state index is 4.23. The molecule has 3 nitrogen and oxygen atoms in total. The Morgan fingerprint density at radius 3 is 2.64 bits per heavy atom. The molecule has 0 radical (unpaired) electrons. The summed E-state index contributed by atoms with van der Waals surface area (Å²) in [7, 11) is 0. The molecule has 0 aliphatic heterocycles.